The molecule has 2 aliphatic rings. The topological polar surface area (TPSA) is 35.6 Å². The average molecular weight is 285 g/mol. The van der Waals surface area contributed by atoms with Crippen molar-refractivity contribution in [3.8, 4) is 0 Å². The first-order valence-corrected chi connectivity index (χ1v) is 8.67. The molecule has 2 fully saturated rings. The molecule has 0 spiro atoms. The number of amides is 2. The van der Waals surface area contributed by atoms with Gasteiger partial charge in [-0.05, 0) is 31.1 Å². The molecule has 5 heteroatoms. The van der Waals surface area contributed by atoms with Gasteiger partial charge in [-0.2, -0.15) is 11.8 Å². The summed E-state index contributed by atoms with van der Waals surface area (Å²) >= 11 is 2.05. The number of thioether (sulfide) groups is 1. The van der Waals surface area contributed by atoms with Gasteiger partial charge in [0.1, 0.15) is 0 Å². The summed E-state index contributed by atoms with van der Waals surface area (Å²) in [6.45, 7) is 9.69. The molecule has 2 heterocycles. The average Bonchev–Trinajstić information content (AvgIpc) is 2.81. The van der Waals surface area contributed by atoms with E-state index < -0.39 is 0 Å². The zero-order valence-corrected chi connectivity index (χ0v) is 13.0. The second-order valence-electron chi connectivity index (χ2n) is 5.99. The number of hydrogen-bond acceptors (Lipinski definition) is 3. The van der Waals surface area contributed by atoms with E-state index >= 15 is 0 Å². The molecule has 19 heavy (non-hydrogen) atoms. The Balaban J connectivity index is 1.70. The maximum Gasteiger partial charge on any atom is 0.317 e. The van der Waals surface area contributed by atoms with E-state index in [9.17, 15) is 4.79 Å². The van der Waals surface area contributed by atoms with Crippen LogP contribution in [0.2, 0.25) is 0 Å². The first-order chi connectivity index (χ1) is 9.16. The number of rotatable bonds is 6. The van der Waals surface area contributed by atoms with Crippen molar-refractivity contribution in [2.45, 2.75) is 32.7 Å². The second kappa shape index (κ2) is 7.39. The van der Waals surface area contributed by atoms with Crippen LogP contribution in [0.5, 0.6) is 0 Å². The lowest BCUT2D eigenvalue weighted by Gasteiger charge is -2.37. The summed E-state index contributed by atoms with van der Waals surface area (Å²) in [5, 5.41) is 2.91. The maximum atomic E-state index is 11.7. The standard InChI is InChI=1S/C14H27N3OS/c1-12(2)11-19-9-8-16-6-3-4-13(10-16)17-7-5-15-14(17)18/h12-13H,3-11H2,1-2H3,(H,15,18). The summed E-state index contributed by atoms with van der Waals surface area (Å²) < 4.78 is 0. The minimum Gasteiger partial charge on any atom is -0.336 e. The largest absolute Gasteiger partial charge is 0.336 e. The van der Waals surface area contributed by atoms with Gasteiger partial charge in [-0.25, -0.2) is 4.79 Å². The van der Waals surface area contributed by atoms with Crippen LogP contribution in [-0.2, 0) is 0 Å². The van der Waals surface area contributed by atoms with Crippen molar-refractivity contribution >= 4 is 17.8 Å². The predicted octanol–water partition coefficient (Wildman–Crippen LogP) is 1.87. The third-order valence-corrected chi connectivity index (χ3v) is 5.19. The summed E-state index contributed by atoms with van der Waals surface area (Å²) in [5.41, 5.74) is 0. The van der Waals surface area contributed by atoms with Crippen LogP contribution in [0.4, 0.5) is 4.79 Å². The molecule has 2 saturated heterocycles. The Bertz CT molecular complexity index is 298. The number of hydrogen-bond donors (Lipinski definition) is 1. The first kappa shape index (κ1) is 15.0. The van der Waals surface area contributed by atoms with Gasteiger partial charge in [0.2, 0.25) is 0 Å². The van der Waals surface area contributed by atoms with E-state index in [1.165, 1.54) is 37.4 Å². The van der Waals surface area contributed by atoms with E-state index in [1.807, 2.05) is 4.90 Å². The second-order valence-corrected chi connectivity index (χ2v) is 7.14. The Hall–Kier alpha value is -0.420. The number of likely N-dealkylation sites (tertiary alicyclic amines) is 1. The molecular weight excluding hydrogens is 258 g/mol. The smallest absolute Gasteiger partial charge is 0.317 e. The lowest BCUT2D eigenvalue weighted by Crippen LogP contribution is -2.49. The van der Waals surface area contributed by atoms with Gasteiger partial charge in [-0.1, -0.05) is 13.8 Å². The first-order valence-electron chi connectivity index (χ1n) is 7.51. The molecule has 0 aliphatic carbocycles. The highest BCUT2D eigenvalue weighted by atomic mass is 32.2. The molecule has 1 atom stereocenters. The number of piperidine rings is 1. The molecule has 2 amide bonds. The summed E-state index contributed by atoms with van der Waals surface area (Å²) in [6, 6.07) is 0.576. The molecule has 4 nitrogen and oxygen atoms in total. The summed E-state index contributed by atoms with van der Waals surface area (Å²) in [5.74, 6) is 3.26. The van der Waals surface area contributed by atoms with Gasteiger partial charge in [-0.3, -0.25) is 0 Å². The molecule has 0 aromatic carbocycles. The molecule has 1 unspecified atom stereocenters. The lowest BCUT2D eigenvalue weighted by molar-refractivity contribution is 0.131. The molecule has 0 bridgehead atoms. The fraction of sp³-hybridized carbons (Fsp3) is 0.929. The number of nitrogens with one attached hydrogen (secondary N) is 1. The van der Waals surface area contributed by atoms with Gasteiger partial charge in [0.25, 0.3) is 0 Å². The molecule has 2 aliphatic heterocycles. The molecule has 0 aromatic rings. The van der Waals surface area contributed by atoms with E-state index in [2.05, 4.69) is 35.8 Å². The van der Waals surface area contributed by atoms with E-state index in [1.54, 1.807) is 0 Å². The summed E-state index contributed by atoms with van der Waals surface area (Å²) in [4.78, 5) is 16.3. The zero-order valence-electron chi connectivity index (χ0n) is 12.2. The summed E-state index contributed by atoms with van der Waals surface area (Å²) in [6.07, 6.45) is 2.40. The van der Waals surface area contributed by atoms with Crippen LogP contribution in [-0.4, -0.2) is 66.1 Å². The number of urea groups is 1. The Morgan fingerprint density at radius 2 is 2.26 bits per heavy atom. The fourth-order valence-corrected chi connectivity index (χ4v) is 3.86. The molecular formula is C14H27N3OS. The molecule has 0 radical (unpaired) electrons. The minimum atomic E-state index is 0.140. The molecule has 110 valence electrons. The van der Waals surface area contributed by atoms with Crippen LogP contribution in [0.3, 0.4) is 0 Å². The number of nitrogens with zero attached hydrogens (tertiary/aromatic N) is 2. The van der Waals surface area contributed by atoms with E-state index in [4.69, 9.17) is 0 Å². The van der Waals surface area contributed by atoms with Crippen molar-refractivity contribution in [2.24, 2.45) is 5.92 Å². The van der Waals surface area contributed by atoms with Crippen LogP contribution in [0.1, 0.15) is 26.7 Å². The van der Waals surface area contributed by atoms with E-state index in [0.29, 0.717) is 6.04 Å². The van der Waals surface area contributed by atoms with Crippen molar-refractivity contribution in [3.05, 3.63) is 0 Å². The Kier molecular flexibility index (Phi) is 5.82. The minimum absolute atomic E-state index is 0.140. The maximum absolute atomic E-state index is 11.7. The Labute approximate surface area is 121 Å². The highest BCUT2D eigenvalue weighted by Crippen LogP contribution is 2.18. The molecule has 1 N–H and O–H groups in total. The van der Waals surface area contributed by atoms with Crippen LogP contribution >= 0.6 is 11.8 Å². The van der Waals surface area contributed by atoms with Gasteiger partial charge in [0, 0.05) is 38.0 Å². The Morgan fingerprint density at radius 3 is 2.95 bits per heavy atom. The highest BCUT2D eigenvalue weighted by molar-refractivity contribution is 7.99. The van der Waals surface area contributed by atoms with Gasteiger partial charge >= 0.3 is 6.03 Å². The fourth-order valence-electron chi connectivity index (χ4n) is 2.84. The monoisotopic (exact) mass is 285 g/mol. The third kappa shape index (κ3) is 4.56. The highest BCUT2D eigenvalue weighted by Gasteiger charge is 2.30. The van der Waals surface area contributed by atoms with Crippen molar-refractivity contribution in [2.75, 3.05) is 44.2 Å². The SMILES string of the molecule is CC(C)CSCCN1CCCC(N2CCNC2=O)C1. The third-order valence-electron chi connectivity index (χ3n) is 3.81. The van der Waals surface area contributed by atoms with Crippen LogP contribution in [0.25, 0.3) is 0 Å². The van der Waals surface area contributed by atoms with Crippen LogP contribution in [0.15, 0.2) is 0 Å². The summed E-state index contributed by atoms with van der Waals surface area (Å²) in [7, 11) is 0. The van der Waals surface area contributed by atoms with Gasteiger partial charge < -0.3 is 15.1 Å². The zero-order chi connectivity index (χ0) is 13.7. The van der Waals surface area contributed by atoms with Crippen molar-refractivity contribution < 1.29 is 4.79 Å². The number of carbonyl (C=O) groups excluding carboxylic acids is 1. The molecule has 0 aromatic heterocycles. The van der Waals surface area contributed by atoms with Gasteiger partial charge in [0.15, 0.2) is 0 Å². The van der Waals surface area contributed by atoms with Crippen molar-refractivity contribution in [1.82, 2.24) is 15.1 Å². The van der Waals surface area contributed by atoms with Gasteiger partial charge in [0.05, 0.1) is 0 Å². The lowest BCUT2D eigenvalue weighted by atomic mass is 10.0. The van der Waals surface area contributed by atoms with Crippen molar-refractivity contribution in [3.63, 3.8) is 0 Å². The quantitative estimate of drug-likeness (QED) is 0.757. The van der Waals surface area contributed by atoms with Gasteiger partial charge in [-0.15, -0.1) is 0 Å². The van der Waals surface area contributed by atoms with E-state index in [-0.39, 0.29) is 6.03 Å². The van der Waals surface area contributed by atoms with Crippen LogP contribution in [0, 0.1) is 5.92 Å². The molecule has 0 saturated carbocycles. The van der Waals surface area contributed by atoms with Crippen molar-refractivity contribution in [1.29, 1.82) is 0 Å². The van der Waals surface area contributed by atoms with Crippen LogP contribution < -0.4 is 5.32 Å². The Morgan fingerprint density at radius 1 is 1.42 bits per heavy atom. The van der Waals surface area contributed by atoms with E-state index in [0.717, 1.165) is 25.6 Å². The number of carbonyl (C=O) groups is 1. The molecule has 2 rings (SSSR count). The predicted molar refractivity (Wildman–Crippen MR) is 81.7 cm³/mol. The normalized spacial score (nSPS) is 25.1.